The quantitative estimate of drug-likeness (QED) is 0.592. The van der Waals surface area contributed by atoms with E-state index in [2.05, 4.69) is 65.0 Å². The Balaban J connectivity index is 1.52. The monoisotopic (exact) mass is 399 g/mol. The lowest BCUT2D eigenvalue weighted by Crippen LogP contribution is -2.49. The highest BCUT2D eigenvalue weighted by Gasteiger charge is 2.47. The molecule has 1 aliphatic heterocycles. The summed E-state index contributed by atoms with van der Waals surface area (Å²) in [6.07, 6.45) is 6.56. The minimum Gasteiger partial charge on any atom is -0.437 e. The van der Waals surface area contributed by atoms with Crippen LogP contribution in [0.1, 0.15) is 47.6 Å². The molecule has 0 spiro atoms. The van der Waals surface area contributed by atoms with E-state index in [4.69, 9.17) is 4.74 Å². The maximum absolute atomic E-state index is 6.20. The Hall–Kier alpha value is -2.85. The number of benzene rings is 2. The van der Waals surface area contributed by atoms with Gasteiger partial charge in [-0.2, -0.15) is 0 Å². The number of rotatable bonds is 5. The van der Waals surface area contributed by atoms with Crippen LogP contribution in [0.5, 0.6) is 11.6 Å². The minimum absolute atomic E-state index is 0.169. The van der Waals surface area contributed by atoms with Gasteiger partial charge in [0.05, 0.1) is 5.69 Å². The molecule has 0 bridgehead atoms. The van der Waals surface area contributed by atoms with E-state index in [1.54, 1.807) is 6.20 Å². The fourth-order valence-corrected chi connectivity index (χ4v) is 5.05. The van der Waals surface area contributed by atoms with E-state index in [0.29, 0.717) is 11.9 Å². The van der Waals surface area contributed by atoms with Gasteiger partial charge < -0.3 is 15.4 Å². The topological polar surface area (TPSA) is 46.2 Å². The van der Waals surface area contributed by atoms with E-state index in [1.165, 1.54) is 41.5 Å². The molecule has 1 atom stereocenters. The number of ether oxygens (including phenoxy) is 1. The number of aromatic nitrogens is 1. The van der Waals surface area contributed by atoms with Gasteiger partial charge in [-0.1, -0.05) is 42.3 Å². The Morgan fingerprint density at radius 1 is 1.10 bits per heavy atom. The summed E-state index contributed by atoms with van der Waals surface area (Å²) in [6.45, 7) is 3.18. The van der Waals surface area contributed by atoms with Crippen LogP contribution in [-0.2, 0) is 11.8 Å². The molecule has 3 aromatic rings. The maximum atomic E-state index is 6.20. The molecule has 0 radical (unpaired) electrons. The van der Waals surface area contributed by atoms with E-state index >= 15 is 0 Å². The van der Waals surface area contributed by atoms with Gasteiger partial charge in [-0.3, -0.25) is 0 Å². The van der Waals surface area contributed by atoms with Gasteiger partial charge in [-0.25, -0.2) is 4.98 Å². The molecule has 1 fully saturated rings. The summed E-state index contributed by atoms with van der Waals surface area (Å²) in [5, 5.41) is 7.02. The Bertz CT molecular complexity index is 1040. The van der Waals surface area contributed by atoms with Gasteiger partial charge in [0, 0.05) is 24.7 Å². The van der Waals surface area contributed by atoms with Crippen LogP contribution in [0.25, 0.3) is 0 Å². The zero-order valence-electron chi connectivity index (χ0n) is 17.7. The van der Waals surface area contributed by atoms with E-state index in [9.17, 15) is 0 Å². The molecule has 2 aromatic carbocycles. The van der Waals surface area contributed by atoms with E-state index < -0.39 is 0 Å². The van der Waals surface area contributed by atoms with Crippen molar-refractivity contribution in [3.05, 3.63) is 83.0 Å². The predicted molar refractivity (Wildman–Crippen MR) is 121 cm³/mol. The van der Waals surface area contributed by atoms with E-state index in [1.807, 2.05) is 19.2 Å². The van der Waals surface area contributed by atoms with Crippen LogP contribution in [0.4, 0.5) is 5.69 Å². The summed E-state index contributed by atoms with van der Waals surface area (Å²) in [5.74, 6) is 1.45. The molecule has 2 aliphatic rings. The van der Waals surface area contributed by atoms with Crippen LogP contribution in [0.3, 0.4) is 0 Å². The van der Waals surface area contributed by atoms with Gasteiger partial charge in [0.15, 0.2) is 0 Å². The van der Waals surface area contributed by atoms with Crippen molar-refractivity contribution in [3.8, 4) is 11.6 Å². The Kier molecular flexibility index (Phi) is 4.95. The first-order valence-electron chi connectivity index (χ1n) is 10.9. The third-order valence-corrected chi connectivity index (χ3v) is 6.85. The van der Waals surface area contributed by atoms with Gasteiger partial charge in [-0.05, 0) is 73.7 Å². The molecule has 2 heterocycles. The number of aryl methyl sites for hydroxylation is 1. The highest BCUT2D eigenvalue weighted by molar-refractivity contribution is 5.53. The Morgan fingerprint density at radius 3 is 2.67 bits per heavy atom. The summed E-state index contributed by atoms with van der Waals surface area (Å²) in [5.41, 5.74) is 6.64. The highest BCUT2D eigenvalue weighted by atomic mass is 16.5. The fourth-order valence-electron chi connectivity index (χ4n) is 5.05. The van der Waals surface area contributed by atoms with Crippen LogP contribution in [0.15, 0.2) is 60.8 Å². The van der Waals surface area contributed by atoms with Gasteiger partial charge >= 0.3 is 0 Å². The Morgan fingerprint density at radius 2 is 1.93 bits per heavy atom. The number of anilines is 1. The summed E-state index contributed by atoms with van der Waals surface area (Å²) in [7, 11) is 1.89. The second kappa shape index (κ2) is 7.77. The summed E-state index contributed by atoms with van der Waals surface area (Å²) < 4.78 is 6.20. The zero-order chi connectivity index (χ0) is 20.6. The summed E-state index contributed by atoms with van der Waals surface area (Å²) >= 11 is 0. The molecule has 1 aliphatic carbocycles. The van der Waals surface area contributed by atoms with Gasteiger partial charge in [-0.15, -0.1) is 0 Å². The van der Waals surface area contributed by atoms with Crippen molar-refractivity contribution in [2.75, 3.05) is 18.9 Å². The standard InChI is InChI=1S/C26H29N3O/c1-18-6-9-20(10-7-18)26(13-4-14-26)24-22-17-21(11-8-19(22)12-16-28-24)30-25-23(27-2)5-3-15-29-25/h3,5-11,15,17,24,27-28H,4,12-14,16H2,1-2H3. The molecule has 5 rings (SSSR count). The number of hydrogen-bond acceptors (Lipinski definition) is 4. The van der Waals surface area contributed by atoms with Crippen LogP contribution in [0.2, 0.25) is 0 Å². The zero-order valence-corrected chi connectivity index (χ0v) is 17.7. The fraction of sp³-hybridized carbons (Fsp3) is 0.346. The molecule has 4 nitrogen and oxygen atoms in total. The van der Waals surface area contributed by atoms with E-state index in [-0.39, 0.29) is 5.41 Å². The van der Waals surface area contributed by atoms with Crippen molar-refractivity contribution >= 4 is 5.69 Å². The molecular formula is C26H29N3O. The molecule has 1 aromatic heterocycles. The molecule has 1 unspecified atom stereocenters. The smallest absolute Gasteiger partial charge is 0.242 e. The molecule has 0 saturated heterocycles. The first-order chi connectivity index (χ1) is 14.7. The first kappa shape index (κ1) is 19.1. The number of fused-ring (bicyclic) bond motifs is 1. The van der Waals surface area contributed by atoms with Crippen molar-refractivity contribution in [1.29, 1.82) is 0 Å². The molecule has 154 valence electrons. The van der Waals surface area contributed by atoms with Gasteiger partial charge in [0.2, 0.25) is 5.88 Å². The van der Waals surface area contributed by atoms with Crippen molar-refractivity contribution < 1.29 is 4.74 Å². The first-order valence-corrected chi connectivity index (χ1v) is 10.9. The summed E-state index contributed by atoms with van der Waals surface area (Å²) in [4.78, 5) is 4.41. The summed E-state index contributed by atoms with van der Waals surface area (Å²) in [6, 6.07) is 19.9. The van der Waals surface area contributed by atoms with Crippen LogP contribution in [-0.4, -0.2) is 18.6 Å². The van der Waals surface area contributed by atoms with Gasteiger partial charge in [0.25, 0.3) is 0 Å². The Labute approximate surface area is 178 Å². The third kappa shape index (κ3) is 3.25. The van der Waals surface area contributed by atoms with Crippen LogP contribution in [0, 0.1) is 6.92 Å². The maximum Gasteiger partial charge on any atom is 0.242 e. The lowest BCUT2D eigenvalue weighted by Gasteiger charge is -2.50. The average molecular weight is 400 g/mol. The molecule has 0 amide bonds. The van der Waals surface area contributed by atoms with E-state index in [0.717, 1.165) is 24.4 Å². The lowest BCUT2D eigenvalue weighted by atomic mass is 9.58. The van der Waals surface area contributed by atoms with Crippen molar-refractivity contribution in [3.63, 3.8) is 0 Å². The third-order valence-electron chi connectivity index (χ3n) is 6.85. The van der Waals surface area contributed by atoms with Crippen molar-refractivity contribution in [2.24, 2.45) is 0 Å². The van der Waals surface area contributed by atoms with Crippen LogP contribution < -0.4 is 15.4 Å². The molecular weight excluding hydrogens is 370 g/mol. The predicted octanol–water partition coefficient (Wildman–Crippen LogP) is 5.53. The normalized spacial score (nSPS) is 19.5. The second-order valence-corrected chi connectivity index (χ2v) is 8.58. The SMILES string of the molecule is CNc1cccnc1Oc1ccc2c(c1)C(C1(c3ccc(C)cc3)CCC1)NCC2. The average Bonchev–Trinajstić information content (AvgIpc) is 2.75. The molecule has 4 heteroatoms. The number of nitrogens with zero attached hydrogens (tertiary/aromatic N) is 1. The second-order valence-electron chi connectivity index (χ2n) is 8.58. The van der Waals surface area contributed by atoms with Crippen molar-refractivity contribution in [1.82, 2.24) is 10.3 Å². The van der Waals surface area contributed by atoms with Crippen molar-refractivity contribution in [2.45, 2.75) is 44.1 Å². The minimum atomic E-state index is 0.169. The number of nitrogens with one attached hydrogen (secondary N) is 2. The van der Waals surface area contributed by atoms with Gasteiger partial charge in [0.1, 0.15) is 5.75 Å². The number of pyridine rings is 1. The molecule has 1 saturated carbocycles. The lowest BCUT2D eigenvalue weighted by molar-refractivity contribution is 0.164. The number of hydrogen-bond donors (Lipinski definition) is 2. The molecule has 2 N–H and O–H groups in total. The van der Waals surface area contributed by atoms with Crippen LogP contribution >= 0.6 is 0 Å². The molecule has 30 heavy (non-hydrogen) atoms. The largest absolute Gasteiger partial charge is 0.437 e. The highest BCUT2D eigenvalue weighted by Crippen LogP contribution is 2.53.